The van der Waals surface area contributed by atoms with Crippen molar-refractivity contribution in [3.05, 3.63) is 313 Å². The number of rotatable bonds is 18. The van der Waals surface area contributed by atoms with Gasteiger partial charge in [-0.1, -0.05) is 128 Å². The van der Waals surface area contributed by atoms with E-state index in [1.165, 1.54) is 0 Å². The Bertz CT molecular complexity index is 5020. The number of carbonyl (C=O) groups excluding carboxylic acids is 4. The molecule has 0 spiro atoms. The number of aromatic nitrogens is 4. The second-order valence-corrected chi connectivity index (χ2v) is 22.4. The van der Waals surface area contributed by atoms with Gasteiger partial charge in [-0.15, -0.1) is 71.8 Å². The van der Waals surface area contributed by atoms with Gasteiger partial charge >= 0.3 is 39.0 Å². The molecule has 0 amide bonds. The summed E-state index contributed by atoms with van der Waals surface area (Å²) in [5.74, 6) is -0.672. The van der Waals surface area contributed by atoms with Crippen LogP contribution in [0.5, 0.6) is 11.5 Å². The molecule has 0 saturated heterocycles. The molecule has 14 aromatic rings. The number of ketones is 1. The Labute approximate surface area is 551 Å². The van der Waals surface area contributed by atoms with E-state index in [0.29, 0.717) is 52.0 Å². The number of hydrogen-bond donors (Lipinski definition) is 0. The molecule has 4 aromatic heterocycles. The topological polar surface area (TPSA) is 132 Å². The second-order valence-electron chi connectivity index (χ2n) is 22.4. The van der Waals surface area contributed by atoms with Crippen molar-refractivity contribution in [2.45, 2.75) is 38.5 Å². The Morgan fingerprint density at radius 3 is 1.43 bits per heavy atom. The van der Waals surface area contributed by atoms with Gasteiger partial charge in [0.05, 0.1) is 52.0 Å². The SMILES string of the molecule is CCOC(=O)c1ccc2c(c1)c1ccccc1n2-c1ccc(-c2ccc(-n3c4ccccc4c4cc(OC(=O)CCC(=O)c5ccc(C(c6ccc(OC(=O)CC)cc6)(c6cccc(-c7[c-]cccc7)n6)c6cccc(-c7[c-]cccc7)n6)cc5)ccc43)cc2)cc1.[Pt+2]. The summed E-state index contributed by atoms with van der Waals surface area (Å²) in [7, 11) is 0. The zero-order valence-electron chi connectivity index (χ0n) is 50.7. The second kappa shape index (κ2) is 26.4. The van der Waals surface area contributed by atoms with Crippen LogP contribution in [0.3, 0.4) is 0 Å². The molecule has 0 bridgehead atoms. The predicted molar refractivity (Wildman–Crippen MR) is 361 cm³/mol. The maximum atomic E-state index is 14.2. The molecule has 0 saturated carbocycles. The first-order chi connectivity index (χ1) is 45.1. The Morgan fingerprint density at radius 1 is 0.430 bits per heavy atom. The molecular formula is C81H58N4O7Pt. The molecule has 0 aliphatic heterocycles. The molecule has 0 fully saturated rings. The standard InChI is InChI=1S/C81H58N4O7.Pt/c1-3-78(87)91-63-44-38-60(39-45-63)81(76-27-15-23-69(82-76)55-17-7-5-8-18-55,77-28-16-24-70(83-77)56-19-9-6-10-20-56)59-36-29-57(30-37-59)75(86)49-50-79(88)92-64-46-48-74-68(52-64)66-22-12-14-26-72(66)85(74)62-42-33-54(34-43-62)53-31-40-61(41-32-53)84-71-25-13-11-21-65(71)67-51-58(35-47-73(67)84)80(89)90-4-2;/h5-17,19,21-48,51-52H,3-4,49-50H2,1-2H3;/q-2;+2. The summed E-state index contributed by atoms with van der Waals surface area (Å²) in [6.45, 7) is 3.87. The summed E-state index contributed by atoms with van der Waals surface area (Å²) < 4.78 is 21.4. The quantitative estimate of drug-likeness (QED) is 0.0356. The zero-order chi connectivity index (χ0) is 62.7. The molecule has 0 N–H and O–H groups in total. The third-order valence-corrected chi connectivity index (χ3v) is 16.9. The van der Waals surface area contributed by atoms with Gasteiger partial charge in [-0.2, -0.15) is 0 Å². The van der Waals surface area contributed by atoms with Crippen LogP contribution in [0.2, 0.25) is 0 Å². The third-order valence-electron chi connectivity index (χ3n) is 16.9. The van der Waals surface area contributed by atoms with E-state index in [0.717, 1.165) is 88.4 Å². The average Bonchev–Trinajstić information content (AvgIpc) is 1.61. The number of fused-ring (bicyclic) bond motifs is 6. The normalized spacial score (nSPS) is 11.4. The van der Waals surface area contributed by atoms with Gasteiger partial charge in [0.2, 0.25) is 0 Å². The maximum absolute atomic E-state index is 14.2. The van der Waals surface area contributed by atoms with E-state index >= 15 is 0 Å². The van der Waals surface area contributed by atoms with E-state index in [4.69, 9.17) is 24.2 Å². The number of nitrogens with zero attached hydrogens (tertiary/aromatic N) is 4. The first-order valence-corrected chi connectivity index (χ1v) is 30.6. The Balaban J connectivity index is 0.00000787. The molecule has 93 heavy (non-hydrogen) atoms. The smallest absolute Gasteiger partial charge is 0.462 e. The molecule has 0 atom stereocenters. The van der Waals surface area contributed by atoms with E-state index in [-0.39, 0.29) is 58.0 Å². The molecule has 0 aliphatic carbocycles. The fourth-order valence-electron chi connectivity index (χ4n) is 12.5. The molecule has 12 heteroatoms. The summed E-state index contributed by atoms with van der Waals surface area (Å²) in [5.41, 5.74) is 13.7. The van der Waals surface area contributed by atoms with E-state index in [1.54, 1.807) is 37.3 Å². The summed E-state index contributed by atoms with van der Waals surface area (Å²) in [6, 6.07) is 93.4. The molecule has 454 valence electrons. The van der Waals surface area contributed by atoms with E-state index in [1.807, 2.05) is 171 Å². The van der Waals surface area contributed by atoms with Gasteiger partial charge < -0.3 is 23.3 Å². The first kappa shape index (κ1) is 60.8. The van der Waals surface area contributed by atoms with Crippen molar-refractivity contribution >= 4 is 67.3 Å². The fourth-order valence-corrected chi connectivity index (χ4v) is 12.5. The van der Waals surface area contributed by atoms with Crippen molar-refractivity contribution in [3.8, 4) is 56.5 Å². The molecule has 10 aromatic carbocycles. The maximum Gasteiger partial charge on any atom is 2.00 e. The number of hydrogen-bond acceptors (Lipinski definition) is 9. The molecule has 0 aliphatic rings. The molecule has 0 unspecified atom stereocenters. The van der Waals surface area contributed by atoms with Crippen LogP contribution in [-0.2, 0) is 40.8 Å². The third kappa shape index (κ3) is 11.8. The van der Waals surface area contributed by atoms with E-state index in [2.05, 4.69) is 94.1 Å². The molecule has 11 nitrogen and oxygen atoms in total. The number of benzene rings is 10. The van der Waals surface area contributed by atoms with Gasteiger partial charge in [-0.3, -0.25) is 24.4 Å². The molecule has 14 rings (SSSR count). The van der Waals surface area contributed by atoms with Crippen LogP contribution in [-0.4, -0.2) is 49.4 Å². The number of para-hydroxylation sites is 2. The summed E-state index contributed by atoms with van der Waals surface area (Å²) in [4.78, 5) is 63.8. The molecule has 4 heterocycles. The van der Waals surface area contributed by atoms with Gasteiger partial charge in [-0.05, 0) is 138 Å². The minimum atomic E-state index is -1.19. The fraction of sp³-hybridized carbons (Fsp3) is 0.0864. The van der Waals surface area contributed by atoms with Crippen LogP contribution in [0.15, 0.2) is 267 Å². The van der Waals surface area contributed by atoms with Crippen molar-refractivity contribution in [1.29, 1.82) is 0 Å². The van der Waals surface area contributed by atoms with E-state index < -0.39 is 11.4 Å². The van der Waals surface area contributed by atoms with E-state index in [9.17, 15) is 19.2 Å². The van der Waals surface area contributed by atoms with Crippen LogP contribution in [0.4, 0.5) is 0 Å². The minimum Gasteiger partial charge on any atom is -0.462 e. The molecule has 0 radical (unpaired) electrons. The van der Waals surface area contributed by atoms with Crippen molar-refractivity contribution < 1.29 is 54.5 Å². The van der Waals surface area contributed by atoms with Crippen molar-refractivity contribution in [2.75, 3.05) is 6.61 Å². The summed E-state index contributed by atoms with van der Waals surface area (Å²) >= 11 is 0. The number of esters is 3. The Hall–Kier alpha value is -11.1. The Morgan fingerprint density at radius 2 is 0.903 bits per heavy atom. The van der Waals surface area contributed by atoms with Crippen LogP contribution >= 0.6 is 0 Å². The first-order valence-electron chi connectivity index (χ1n) is 30.6. The van der Waals surface area contributed by atoms with Crippen molar-refractivity contribution in [3.63, 3.8) is 0 Å². The number of ether oxygens (including phenoxy) is 3. The van der Waals surface area contributed by atoms with Crippen LogP contribution in [0.1, 0.15) is 76.3 Å². The average molecular weight is 1390 g/mol. The summed E-state index contributed by atoms with van der Waals surface area (Å²) in [6.07, 6.45) is -0.00813. The van der Waals surface area contributed by atoms with Crippen LogP contribution in [0.25, 0.3) is 88.6 Å². The molecular weight excluding hydrogens is 1340 g/mol. The summed E-state index contributed by atoms with van der Waals surface area (Å²) in [5, 5.41) is 3.95. The predicted octanol–water partition coefficient (Wildman–Crippen LogP) is 17.7. The van der Waals surface area contributed by atoms with Gasteiger partial charge in [0.15, 0.2) is 5.78 Å². The van der Waals surface area contributed by atoms with Crippen LogP contribution < -0.4 is 9.47 Å². The van der Waals surface area contributed by atoms with Gasteiger partial charge in [0.1, 0.15) is 16.9 Å². The number of Topliss-reactive ketones (excluding diaryl/α,β-unsaturated/α-hetero) is 1. The number of pyridine rings is 2. The minimum absolute atomic E-state index is 0. The van der Waals surface area contributed by atoms with Gasteiger partial charge in [0.25, 0.3) is 0 Å². The largest absolute Gasteiger partial charge is 2.00 e. The monoisotopic (exact) mass is 1390 g/mol. The van der Waals surface area contributed by atoms with Crippen molar-refractivity contribution in [1.82, 2.24) is 19.1 Å². The van der Waals surface area contributed by atoms with Crippen molar-refractivity contribution in [2.24, 2.45) is 0 Å². The van der Waals surface area contributed by atoms with Gasteiger partial charge in [0, 0.05) is 51.3 Å². The number of carbonyl (C=O) groups is 4. The van der Waals surface area contributed by atoms with Gasteiger partial charge in [-0.25, -0.2) is 4.79 Å². The van der Waals surface area contributed by atoms with Crippen LogP contribution in [0, 0.1) is 12.1 Å². The Kier molecular flexibility index (Phi) is 17.2. The zero-order valence-corrected chi connectivity index (χ0v) is 53.0.